The Hall–Kier alpha value is -1.64. The van der Waals surface area contributed by atoms with Gasteiger partial charge in [0, 0.05) is 17.7 Å². The first-order valence-electron chi connectivity index (χ1n) is 6.22. The van der Waals surface area contributed by atoms with Crippen molar-refractivity contribution in [2.45, 2.75) is 19.6 Å². The monoisotopic (exact) mass is 240 g/mol. The quantitative estimate of drug-likeness (QED) is 0.728. The SMILES string of the molecule is C[B]Cc1cccc(-c2cccc(CCF)n2)c1. The van der Waals surface area contributed by atoms with Crippen molar-refractivity contribution in [3.8, 4) is 11.3 Å². The lowest BCUT2D eigenvalue weighted by atomic mass is 9.75. The maximum Gasteiger partial charge on any atom is 0.111 e. The molecule has 2 rings (SSSR count). The number of rotatable bonds is 5. The molecule has 1 aromatic carbocycles. The predicted octanol–water partition coefficient (Wildman–Crippen LogP) is 3.51. The van der Waals surface area contributed by atoms with Crippen molar-refractivity contribution < 1.29 is 4.39 Å². The second kappa shape index (κ2) is 6.34. The number of aryl methyl sites for hydroxylation is 1. The van der Waals surface area contributed by atoms with Crippen LogP contribution in [0.4, 0.5) is 4.39 Å². The molecule has 2 aromatic rings. The highest BCUT2D eigenvalue weighted by Crippen LogP contribution is 2.19. The molecule has 0 N–H and O–H groups in total. The third-order valence-corrected chi connectivity index (χ3v) is 2.82. The van der Waals surface area contributed by atoms with Gasteiger partial charge in [0.1, 0.15) is 7.28 Å². The van der Waals surface area contributed by atoms with Crippen LogP contribution in [0.1, 0.15) is 11.3 Å². The van der Waals surface area contributed by atoms with Crippen LogP contribution in [0.15, 0.2) is 42.5 Å². The summed E-state index contributed by atoms with van der Waals surface area (Å²) in [7, 11) is 2.13. The summed E-state index contributed by atoms with van der Waals surface area (Å²) in [5.74, 6) is 0. The lowest BCUT2D eigenvalue weighted by Gasteiger charge is -2.05. The van der Waals surface area contributed by atoms with Gasteiger partial charge in [0.05, 0.1) is 12.4 Å². The summed E-state index contributed by atoms with van der Waals surface area (Å²) in [6, 6.07) is 14.1. The van der Waals surface area contributed by atoms with Gasteiger partial charge in [-0.2, -0.15) is 0 Å². The van der Waals surface area contributed by atoms with E-state index in [1.807, 2.05) is 37.2 Å². The Morgan fingerprint density at radius 1 is 1.17 bits per heavy atom. The van der Waals surface area contributed by atoms with Crippen LogP contribution in [0, 0.1) is 0 Å². The highest BCUT2D eigenvalue weighted by molar-refractivity contribution is 6.32. The number of benzene rings is 1. The van der Waals surface area contributed by atoms with Crippen molar-refractivity contribution in [1.29, 1.82) is 0 Å². The molecule has 0 saturated heterocycles. The first-order valence-corrected chi connectivity index (χ1v) is 6.22. The molecule has 0 aliphatic carbocycles. The minimum absolute atomic E-state index is 0.360. The standard InChI is InChI=1S/C15H16BFN/c1-16-11-12-4-2-5-13(10-12)15-7-3-6-14(18-15)8-9-17/h2-7,10H,8-9,11H2,1H3. The molecule has 18 heavy (non-hydrogen) atoms. The lowest BCUT2D eigenvalue weighted by Crippen LogP contribution is -1.95. The fourth-order valence-electron chi connectivity index (χ4n) is 1.97. The average molecular weight is 240 g/mol. The summed E-state index contributed by atoms with van der Waals surface area (Å²) < 4.78 is 12.3. The van der Waals surface area contributed by atoms with Crippen LogP contribution in [0.5, 0.6) is 0 Å². The minimum Gasteiger partial charge on any atom is -0.253 e. The minimum atomic E-state index is -0.360. The number of aromatic nitrogens is 1. The number of alkyl halides is 1. The largest absolute Gasteiger partial charge is 0.253 e. The van der Waals surface area contributed by atoms with E-state index in [4.69, 9.17) is 0 Å². The Morgan fingerprint density at radius 2 is 2.00 bits per heavy atom. The smallest absolute Gasteiger partial charge is 0.111 e. The lowest BCUT2D eigenvalue weighted by molar-refractivity contribution is 0.492. The Bertz CT molecular complexity index is 466. The number of hydrogen-bond donors (Lipinski definition) is 0. The van der Waals surface area contributed by atoms with E-state index < -0.39 is 0 Å². The molecule has 0 saturated carbocycles. The van der Waals surface area contributed by atoms with Gasteiger partial charge in [0.2, 0.25) is 0 Å². The van der Waals surface area contributed by atoms with E-state index in [1.54, 1.807) is 0 Å². The third-order valence-electron chi connectivity index (χ3n) is 2.82. The van der Waals surface area contributed by atoms with Crippen LogP contribution in [0.25, 0.3) is 11.3 Å². The van der Waals surface area contributed by atoms with Gasteiger partial charge in [-0.25, -0.2) is 0 Å². The summed E-state index contributed by atoms with van der Waals surface area (Å²) in [6.07, 6.45) is 1.34. The normalized spacial score (nSPS) is 10.3. The molecule has 91 valence electrons. The summed E-state index contributed by atoms with van der Waals surface area (Å²) in [6.45, 7) is 1.69. The number of pyridine rings is 1. The van der Waals surface area contributed by atoms with Crippen molar-refractivity contribution in [1.82, 2.24) is 4.98 Å². The van der Waals surface area contributed by atoms with Gasteiger partial charge in [-0.3, -0.25) is 9.37 Å². The molecule has 0 atom stereocenters. The summed E-state index contributed by atoms with van der Waals surface area (Å²) in [5.41, 5.74) is 4.09. The van der Waals surface area contributed by atoms with Crippen molar-refractivity contribution in [3.05, 3.63) is 53.7 Å². The fourth-order valence-corrected chi connectivity index (χ4v) is 1.97. The van der Waals surface area contributed by atoms with Crippen LogP contribution in [-0.2, 0) is 12.7 Å². The molecule has 1 nitrogen and oxygen atoms in total. The summed E-state index contributed by atoms with van der Waals surface area (Å²) in [5, 5.41) is 0. The summed E-state index contributed by atoms with van der Waals surface area (Å²) in [4.78, 5) is 4.48. The van der Waals surface area contributed by atoms with Gasteiger partial charge in [0.25, 0.3) is 0 Å². The Kier molecular flexibility index (Phi) is 4.51. The van der Waals surface area contributed by atoms with Crippen LogP contribution in [-0.4, -0.2) is 18.9 Å². The van der Waals surface area contributed by atoms with Gasteiger partial charge < -0.3 is 0 Å². The van der Waals surface area contributed by atoms with E-state index in [9.17, 15) is 4.39 Å². The molecule has 0 amide bonds. The van der Waals surface area contributed by atoms with Crippen LogP contribution in [0.2, 0.25) is 6.82 Å². The Morgan fingerprint density at radius 3 is 2.78 bits per heavy atom. The van der Waals surface area contributed by atoms with E-state index >= 15 is 0 Å². The van der Waals surface area contributed by atoms with E-state index in [0.717, 1.165) is 23.3 Å². The maximum absolute atomic E-state index is 12.3. The van der Waals surface area contributed by atoms with Crippen molar-refractivity contribution in [2.24, 2.45) is 0 Å². The third kappa shape index (κ3) is 3.19. The molecular formula is C15H16BFN. The number of nitrogens with zero attached hydrogens (tertiary/aromatic N) is 1. The molecule has 3 heteroatoms. The first-order chi connectivity index (χ1) is 8.83. The van der Waals surface area contributed by atoms with Crippen molar-refractivity contribution in [3.63, 3.8) is 0 Å². The van der Waals surface area contributed by atoms with Gasteiger partial charge in [-0.1, -0.05) is 49.0 Å². The molecule has 0 fully saturated rings. The fraction of sp³-hybridized carbons (Fsp3) is 0.267. The zero-order valence-corrected chi connectivity index (χ0v) is 10.6. The average Bonchev–Trinajstić information content (AvgIpc) is 2.40. The molecule has 1 aromatic heterocycles. The number of hydrogen-bond acceptors (Lipinski definition) is 1. The zero-order valence-electron chi connectivity index (χ0n) is 10.6. The highest BCUT2D eigenvalue weighted by atomic mass is 19.1. The molecule has 0 aliphatic rings. The van der Waals surface area contributed by atoms with Crippen molar-refractivity contribution >= 4 is 7.28 Å². The Balaban J connectivity index is 2.29. The molecule has 0 unspecified atom stereocenters. The van der Waals surface area contributed by atoms with Crippen LogP contribution >= 0.6 is 0 Å². The van der Waals surface area contributed by atoms with E-state index in [1.165, 1.54) is 5.56 Å². The zero-order chi connectivity index (χ0) is 12.8. The van der Waals surface area contributed by atoms with E-state index in [2.05, 4.69) is 24.4 Å². The highest BCUT2D eigenvalue weighted by Gasteiger charge is 2.02. The Labute approximate surface area is 108 Å². The van der Waals surface area contributed by atoms with E-state index in [-0.39, 0.29) is 6.67 Å². The second-order valence-corrected chi connectivity index (χ2v) is 4.27. The molecule has 0 aliphatic heterocycles. The molecule has 0 bridgehead atoms. The first kappa shape index (κ1) is 12.8. The molecule has 1 heterocycles. The van der Waals surface area contributed by atoms with Gasteiger partial charge in [-0.15, -0.1) is 0 Å². The van der Waals surface area contributed by atoms with Crippen LogP contribution in [0.3, 0.4) is 0 Å². The maximum atomic E-state index is 12.3. The van der Waals surface area contributed by atoms with Gasteiger partial charge in [0.15, 0.2) is 0 Å². The molecule has 0 spiro atoms. The van der Waals surface area contributed by atoms with Crippen LogP contribution < -0.4 is 0 Å². The molecule has 1 radical (unpaired) electrons. The second-order valence-electron chi connectivity index (χ2n) is 4.27. The predicted molar refractivity (Wildman–Crippen MR) is 74.7 cm³/mol. The van der Waals surface area contributed by atoms with Gasteiger partial charge in [-0.05, 0) is 12.1 Å². The topological polar surface area (TPSA) is 12.9 Å². The van der Waals surface area contributed by atoms with E-state index in [0.29, 0.717) is 6.42 Å². The molecular weight excluding hydrogens is 224 g/mol. The van der Waals surface area contributed by atoms with Crippen molar-refractivity contribution in [2.75, 3.05) is 6.67 Å². The summed E-state index contributed by atoms with van der Waals surface area (Å²) >= 11 is 0. The van der Waals surface area contributed by atoms with Gasteiger partial charge >= 0.3 is 0 Å². The number of halogens is 1.